The third kappa shape index (κ3) is 5.56. The fourth-order valence-corrected chi connectivity index (χ4v) is 5.40. The summed E-state index contributed by atoms with van der Waals surface area (Å²) in [6.45, 7) is 5.19. The Bertz CT molecular complexity index is 998. The first kappa shape index (κ1) is 21.2. The van der Waals surface area contributed by atoms with E-state index in [0.29, 0.717) is 6.42 Å². The van der Waals surface area contributed by atoms with Gasteiger partial charge in [-0.25, -0.2) is 4.98 Å². The maximum Gasteiger partial charge on any atom is 0.228 e. The highest BCUT2D eigenvalue weighted by Gasteiger charge is 2.22. The van der Waals surface area contributed by atoms with Crippen LogP contribution in [0.4, 0.5) is 5.69 Å². The number of halogens is 1. The lowest BCUT2D eigenvalue weighted by molar-refractivity contribution is -0.130. The lowest BCUT2D eigenvalue weighted by atomic mass is 10.2. The minimum absolute atomic E-state index is 0.154. The van der Waals surface area contributed by atoms with E-state index >= 15 is 0 Å². The van der Waals surface area contributed by atoms with Gasteiger partial charge >= 0.3 is 0 Å². The van der Waals surface area contributed by atoms with Crippen LogP contribution in [0.5, 0.6) is 0 Å². The van der Waals surface area contributed by atoms with Gasteiger partial charge in [-0.05, 0) is 30.7 Å². The number of rotatable bonds is 6. The second-order valence-electron chi connectivity index (χ2n) is 7.40. The van der Waals surface area contributed by atoms with Crippen LogP contribution < -0.4 is 4.90 Å². The van der Waals surface area contributed by atoms with Crippen molar-refractivity contribution in [2.24, 2.45) is 0 Å². The van der Waals surface area contributed by atoms with Gasteiger partial charge in [0.2, 0.25) is 5.91 Å². The molecule has 1 aliphatic rings. The molecule has 0 spiro atoms. The van der Waals surface area contributed by atoms with Gasteiger partial charge in [-0.1, -0.05) is 59.3 Å². The molecule has 0 bridgehead atoms. The number of aromatic nitrogens is 1. The molecule has 30 heavy (non-hydrogen) atoms. The highest BCUT2D eigenvalue weighted by Crippen LogP contribution is 2.27. The number of nitrogens with zero attached hydrogens (tertiary/aromatic N) is 3. The van der Waals surface area contributed by atoms with Crippen LogP contribution in [0, 0.1) is 6.92 Å². The van der Waals surface area contributed by atoms with E-state index in [1.165, 1.54) is 11.1 Å². The third-order valence-electron chi connectivity index (χ3n) is 5.15. The quantitative estimate of drug-likeness (QED) is 0.471. The van der Waals surface area contributed by atoms with Gasteiger partial charge in [0.15, 0.2) is 0 Å². The Hall–Kier alpha value is -2.02. The average Bonchev–Trinajstić information content (AvgIpc) is 3.21. The Morgan fingerprint density at radius 1 is 1.13 bits per heavy atom. The molecule has 1 aromatic heterocycles. The standard InChI is InChI=1S/C23H24ClN3OS2/c1-17-5-7-18(8-6-17)15-29-23-25-20(16-30-23)14-22(28)27-11-9-26(10-12-27)21-4-2-3-19(24)13-21/h2-8,13,16H,9-12,14-15H2,1H3. The first-order valence-corrected chi connectivity index (χ1v) is 12.2. The number of anilines is 1. The molecule has 0 aliphatic carbocycles. The second kappa shape index (κ2) is 9.86. The molecule has 0 N–H and O–H groups in total. The average molecular weight is 458 g/mol. The predicted octanol–water partition coefficient (Wildman–Crippen LogP) is 5.29. The first-order valence-electron chi connectivity index (χ1n) is 9.98. The molecule has 3 aromatic rings. The minimum Gasteiger partial charge on any atom is -0.368 e. The van der Waals surface area contributed by atoms with Gasteiger partial charge in [-0.3, -0.25) is 4.79 Å². The number of carbonyl (C=O) groups excluding carboxylic acids is 1. The molecule has 1 aliphatic heterocycles. The Morgan fingerprint density at radius 3 is 2.63 bits per heavy atom. The van der Waals surface area contributed by atoms with Crippen LogP contribution in [0.2, 0.25) is 5.02 Å². The molecule has 2 heterocycles. The molecule has 156 valence electrons. The van der Waals surface area contributed by atoms with E-state index in [0.717, 1.165) is 52.7 Å². The molecule has 0 atom stereocenters. The Balaban J connectivity index is 1.26. The van der Waals surface area contributed by atoms with Gasteiger partial charge in [0.05, 0.1) is 12.1 Å². The number of benzene rings is 2. The number of carbonyl (C=O) groups is 1. The van der Waals surface area contributed by atoms with E-state index in [9.17, 15) is 4.79 Å². The highest BCUT2D eigenvalue weighted by molar-refractivity contribution is 8.00. The van der Waals surface area contributed by atoms with Crippen LogP contribution in [0.25, 0.3) is 0 Å². The van der Waals surface area contributed by atoms with Crippen molar-refractivity contribution in [3.8, 4) is 0 Å². The summed E-state index contributed by atoms with van der Waals surface area (Å²) in [5, 5.41) is 2.75. The molecule has 4 nitrogen and oxygen atoms in total. The Kier molecular flexibility index (Phi) is 6.97. The van der Waals surface area contributed by atoms with Gasteiger partial charge in [0.25, 0.3) is 0 Å². The summed E-state index contributed by atoms with van der Waals surface area (Å²) in [4.78, 5) is 21.6. The van der Waals surface area contributed by atoms with Gasteiger partial charge in [-0.2, -0.15) is 0 Å². The SMILES string of the molecule is Cc1ccc(CSc2nc(CC(=O)N3CCN(c4cccc(Cl)c4)CC3)cs2)cc1. The van der Waals surface area contributed by atoms with Gasteiger partial charge < -0.3 is 9.80 Å². The van der Waals surface area contributed by atoms with Crippen LogP contribution in [-0.2, 0) is 17.0 Å². The van der Waals surface area contributed by atoms with E-state index in [1.807, 2.05) is 28.5 Å². The summed E-state index contributed by atoms with van der Waals surface area (Å²) in [5.41, 5.74) is 4.54. The second-order valence-corrected chi connectivity index (χ2v) is 9.92. The van der Waals surface area contributed by atoms with Crippen molar-refractivity contribution in [3.63, 3.8) is 0 Å². The summed E-state index contributed by atoms with van der Waals surface area (Å²) in [6.07, 6.45) is 0.374. The zero-order valence-electron chi connectivity index (χ0n) is 16.9. The molecular weight excluding hydrogens is 434 g/mol. The lowest BCUT2D eigenvalue weighted by Gasteiger charge is -2.36. The van der Waals surface area contributed by atoms with Crippen LogP contribution in [0.1, 0.15) is 16.8 Å². The largest absolute Gasteiger partial charge is 0.368 e. The lowest BCUT2D eigenvalue weighted by Crippen LogP contribution is -2.49. The number of amides is 1. The molecule has 7 heteroatoms. The number of hydrogen-bond acceptors (Lipinski definition) is 5. The van der Waals surface area contributed by atoms with Crippen molar-refractivity contribution < 1.29 is 4.79 Å². The topological polar surface area (TPSA) is 36.4 Å². The van der Waals surface area contributed by atoms with E-state index < -0.39 is 0 Å². The molecule has 1 saturated heterocycles. The summed E-state index contributed by atoms with van der Waals surface area (Å²) < 4.78 is 1.02. The smallest absolute Gasteiger partial charge is 0.228 e. The highest BCUT2D eigenvalue weighted by atomic mass is 35.5. The Morgan fingerprint density at radius 2 is 1.90 bits per heavy atom. The zero-order valence-corrected chi connectivity index (χ0v) is 19.3. The van der Waals surface area contributed by atoms with Crippen LogP contribution in [0.3, 0.4) is 0 Å². The number of thiazole rings is 1. The third-order valence-corrected chi connectivity index (χ3v) is 7.53. The molecule has 1 fully saturated rings. The number of aryl methyl sites for hydroxylation is 1. The molecule has 0 saturated carbocycles. The van der Waals surface area contributed by atoms with Crippen LogP contribution >= 0.6 is 34.7 Å². The summed E-state index contributed by atoms with van der Waals surface area (Å²) in [6, 6.07) is 16.5. The molecule has 4 rings (SSSR count). The summed E-state index contributed by atoms with van der Waals surface area (Å²) in [7, 11) is 0. The summed E-state index contributed by atoms with van der Waals surface area (Å²) in [5.74, 6) is 1.05. The number of piperazine rings is 1. The maximum absolute atomic E-state index is 12.7. The number of thioether (sulfide) groups is 1. The molecule has 0 radical (unpaired) electrons. The van der Waals surface area contributed by atoms with Crippen molar-refractivity contribution in [2.75, 3.05) is 31.1 Å². The predicted molar refractivity (Wildman–Crippen MR) is 127 cm³/mol. The van der Waals surface area contributed by atoms with E-state index in [1.54, 1.807) is 23.1 Å². The molecular formula is C23H24ClN3OS2. The van der Waals surface area contributed by atoms with Crippen LogP contribution in [-0.4, -0.2) is 42.0 Å². The maximum atomic E-state index is 12.7. The van der Waals surface area contributed by atoms with Crippen molar-refractivity contribution in [1.82, 2.24) is 9.88 Å². The van der Waals surface area contributed by atoms with E-state index in [2.05, 4.69) is 47.1 Å². The molecule has 1 amide bonds. The minimum atomic E-state index is 0.154. The normalized spacial score (nSPS) is 14.2. The van der Waals surface area contributed by atoms with E-state index in [-0.39, 0.29) is 5.91 Å². The fraction of sp³-hybridized carbons (Fsp3) is 0.304. The van der Waals surface area contributed by atoms with Crippen molar-refractivity contribution in [3.05, 3.63) is 75.8 Å². The van der Waals surface area contributed by atoms with Gasteiger partial charge in [0, 0.05) is 48.0 Å². The molecule has 2 aromatic carbocycles. The molecule has 0 unspecified atom stereocenters. The van der Waals surface area contributed by atoms with Gasteiger partial charge in [-0.15, -0.1) is 11.3 Å². The monoisotopic (exact) mass is 457 g/mol. The van der Waals surface area contributed by atoms with E-state index in [4.69, 9.17) is 11.6 Å². The summed E-state index contributed by atoms with van der Waals surface area (Å²) >= 11 is 9.45. The van der Waals surface area contributed by atoms with Gasteiger partial charge in [0.1, 0.15) is 4.34 Å². The Labute approximate surface area is 190 Å². The number of hydrogen-bond donors (Lipinski definition) is 0. The van der Waals surface area contributed by atoms with Crippen LogP contribution in [0.15, 0.2) is 58.3 Å². The fourth-order valence-electron chi connectivity index (χ4n) is 3.42. The first-order chi connectivity index (χ1) is 14.6. The zero-order chi connectivity index (χ0) is 20.9. The van der Waals surface area contributed by atoms with Crippen molar-refractivity contribution in [2.45, 2.75) is 23.4 Å². The van der Waals surface area contributed by atoms with Crippen molar-refractivity contribution >= 4 is 46.3 Å². The van der Waals surface area contributed by atoms with Crippen molar-refractivity contribution in [1.29, 1.82) is 0 Å².